The highest BCUT2D eigenvalue weighted by molar-refractivity contribution is 8.00. The molecule has 0 unspecified atom stereocenters. The highest BCUT2D eigenvalue weighted by atomic mass is 32.2. The van der Waals surface area contributed by atoms with Crippen molar-refractivity contribution in [2.75, 3.05) is 14.1 Å². The molecule has 3 aromatic rings. The van der Waals surface area contributed by atoms with Crippen LogP contribution in [0.5, 0.6) is 0 Å². The van der Waals surface area contributed by atoms with Crippen molar-refractivity contribution < 1.29 is 9.69 Å². The van der Waals surface area contributed by atoms with Crippen LogP contribution in [0.4, 0.5) is 0 Å². The lowest BCUT2D eigenvalue weighted by molar-refractivity contribution is -0.893. The van der Waals surface area contributed by atoms with Gasteiger partial charge in [0.25, 0.3) is 0 Å². The summed E-state index contributed by atoms with van der Waals surface area (Å²) in [5.74, 6) is 1.08. The summed E-state index contributed by atoms with van der Waals surface area (Å²) in [6.45, 7) is 6.84. The highest BCUT2D eigenvalue weighted by Crippen LogP contribution is 2.27. The standard InChI is InChI=1S/C24H30N4OS/c1-6-21(27(4)5)23-25-26-24(28(23)16-19-10-8-7-9-11-19)30-18(3)22(29)20-14-12-17(2)13-15-20/h7-15,18,21H,6,16H2,1-5H3/p+1/t18-,21-/m1/s1. The third-order valence-corrected chi connectivity index (χ3v) is 6.41. The van der Waals surface area contributed by atoms with E-state index in [2.05, 4.69) is 47.9 Å². The van der Waals surface area contributed by atoms with E-state index in [0.717, 1.165) is 28.5 Å². The minimum Gasteiger partial charge on any atom is -0.331 e. The van der Waals surface area contributed by atoms with E-state index in [1.807, 2.05) is 56.3 Å². The molecule has 2 aromatic carbocycles. The summed E-state index contributed by atoms with van der Waals surface area (Å²) in [4.78, 5) is 14.3. The van der Waals surface area contributed by atoms with Crippen molar-refractivity contribution in [1.29, 1.82) is 0 Å². The number of thioether (sulfide) groups is 1. The average Bonchev–Trinajstić information content (AvgIpc) is 3.11. The molecule has 5 nitrogen and oxygen atoms in total. The second-order valence-electron chi connectivity index (χ2n) is 7.94. The van der Waals surface area contributed by atoms with Gasteiger partial charge in [-0.2, -0.15) is 0 Å². The fourth-order valence-corrected chi connectivity index (χ4v) is 4.51. The molecule has 0 saturated carbocycles. The van der Waals surface area contributed by atoms with Crippen LogP contribution in [-0.2, 0) is 6.54 Å². The number of quaternary nitrogens is 1. The third-order valence-electron chi connectivity index (χ3n) is 5.33. The summed E-state index contributed by atoms with van der Waals surface area (Å²) in [7, 11) is 4.29. The van der Waals surface area contributed by atoms with Gasteiger partial charge in [0.15, 0.2) is 16.8 Å². The Morgan fingerprint density at radius 2 is 1.73 bits per heavy atom. The van der Waals surface area contributed by atoms with Gasteiger partial charge in [-0.05, 0) is 19.4 Å². The monoisotopic (exact) mass is 423 g/mol. The predicted molar refractivity (Wildman–Crippen MR) is 122 cm³/mol. The van der Waals surface area contributed by atoms with Gasteiger partial charge >= 0.3 is 0 Å². The summed E-state index contributed by atoms with van der Waals surface area (Å²) in [6, 6.07) is 18.3. The topological polar surface area (TPSA) is 52.2 Å². The van der Waals surface area contributed by atoms with Crippen LogP contribution in [0.25, 0.3) is 0 Å². The van der Waals surface area contributed by atoms with E-state index in [1.54, 1.807) is 0 Å². The average molecular weight is 424 g/mol. The number of nitrogens with one attached hydrogen (secondary N) is 1. The lowest BCUT2D eigenvalue weighted by Crippen LogP contribution is -3.06. The number of hydrogen-bond donors (Lipinski definition) is 1. The first-order chi connectivity index (χ1) is 14.4. The van der Waals surface area contributed by atoms with Gasteiger partial charge < -0.3 is 4.90 Å². The van der Waals surface area contributed by atoms with Crippen molar-refractivity contribution in [1.82, 2.24) is 14.8 Å². The second-order valence-corrected chi connectivity index (χ2v) is 9.25. The second kappa shape index (κ2) is 10.0. The molecule has 3 rings (SSSR count). The quantitative estimate of drug-likeness (QED) is 0.422. The van der Waals surface area contributed by atoms with E-state index >= 15 is 0 Å². The van der Waals surface area contributed by atoms with Gasteiger partial charge in [-0.3, -0.25) is 9.36 Å². The number of benzene rings is 2. The number of nitrogens with zero attached hydrogens (tertiary/aromatic N) is 3. The minimum absolute atomic E-state index is 0.112. The normalized spacial score (nSPS) is 13.4. The van der Waals surface area contributed by atoms with Crippen molar-refractivity contribution in [3.05, 3.63) is 77.1 Å². The van der Waals surface area contributed by atoms with Gasteiger partial charge in [0, 0.05) is 12.0 Å². The lowest BCUT2D eigenvalue weighted by Gasteiger charge is -2.21. The Balaban J connectivity index is 1.90. The number of carbonyl (C=O) groups excluding carboxylic acids is 1. The molecule has 0 aliphatic rings. The first kappa shape index (κ1) is 22.2. The lowest BCUT2D eigenvalue weighted by atomic mass is 10.1. The fourth-order valence-electron chi connectivity index (χ4n) is 3.57. The highest BCUT2D eigenvalue weighted by Gasteiger charge is 2.27. The summed E-state index contributed by atoms with van der Waals surface area (Å²) in [5.41, 5.74) is 3.08. The molecule has 0 aliphatic carbocycles. The molecular formula is C24H31N4OS+. The van der Waals surface area contributed by atoms with Gasteiger partial charge in [0.05, 0.1) is 25.9 Å². The molecule has 0 aliphatic heterocycles. The molecule has 1 heterocycles. The van der Waals surface area contributed by atoms with Gasteiger partial charge in [-0.25, -0.2) is 0 Å². The van der Waals surface area contributed by atoms with E-state index in [0.29, 0.717) is 6.54 Å². The summed E-state index contributed by atoms with van der Waals surface area (Å²) < 4.78 is 2.18. The summed E-state index contributed by atoms with van der Waals surface area (Å²) in [5, 5.41) is 9.61. The number of carbonyl (C=O) groups is 1. The molecule has 0 saturated heterocycles. The van der Waals surface area contributed by atoms with Crippen LogP contribution in [0.15, 0.2) is 59.8 Å². The van der Waals surface area contributed by atoms with Crippen molar-refractivity contribution in [3.8, 4) is 0 Å². The minimum atomic E-state index is -0.244. The van der Waals surface area contributed by atoms with Gasteiger partial charge in [-0.1, -0.05) is 78.8 Å². The number of hydrogen-bond acceptors (Lipinski definition) is 4. The predicted octanol–water partition coefficient (Wildman–Crippen LogP) is 3.59. The van der Waals surface area contributed by atoms with E-state index in [1.165, 1.54) is 22.2 Å². The first-order valence-electron chi connectivity index (χ1n) is 10.4. The zero-order chi connectivity index (χ0) is 21.7. The fraction of sp³-hybridized carbons (Fsp3) is 0.375. The summed E-state index contributed by atoms with van der Waals surface area (Å²) in [6.07, 6.45) is 0.970. The van der Waals surface area contributed by atoms with Crippen molar-refractivity contribution in [3.63, 3.8) is 0 Å². The largest absolute Gasteiger partial charge is 0.331 e. The van der Waals surface area contributed by atoms with Gasteiger partial charge in [0.2, 0.25) is 0 Å². The van der Waals surface area contributed by atoms with Crippen LogP contribution < -0.4 is 4.90 Å². The Morgan fingerprint density at radius 3 is 2.33 bits per heavy atom. The molecule has 0 amide bonds. The number of aryl methyl sites for hydroxylation is 1. The van der Waals surface area contributed by atoms with E-state index in [9.17, 15) is 4.79 Å². The Labute approximate surface area is 183 Å². The molecule has 0 fully saturated rings. The Bertz CT molecular complexity index is 967. The Hall–Kier alpha value is -2.44. The number of ketones is 1. The van der Waals surface area contributed by atoms with E-state index in [-0.39, 0.29) is 17.1 Å². The van der Waals surface area contributed by atoms with Crippen molar-refractivity contribution >= 4 is 17.5 Å². The summed E-state index contributed by atoms with van der Waals surface area (Å²) >= 11 is 1.49. The molecule has 30 heavy (non-hydrogen) atoms. The molecule has 1 N–H and O–H groups in total. The van der Waals surface area contributed by atoms with E-state index in [4.69, 9.17) is 0 Å². The maximum absolute atomic E-state index is 13.0. The van der Waals surface area contributed by atoms with Gasteiger partial charge in [0.1, 0.15) is 6.04 Å². The third kappa shape index (κ3) is 5.18. The Kier molecular flexibility index (Phi) is 7.45. The van der Waals surface area contributed by atoms with E-state index < -0.39 is 0 Å². The van der Waals surface area contributed by atoms with Crippen LogP contribution in [-0.4, -0.2) is 39.9 Å². The Morgan fingerprint density at radius 1 is 1.07 bits per heavy atom. The molecule has 2 atom stereocenters. The molecular weight excluding hydrogens is 392 g/mol. The van der Waals surface area contributed by atoms with Crippen LogP contribution >= 0.6 is 11.8 Å². The molecule has 158 valence electrons. The first-order valence-corrected chi connectivity index (χ1v) is 11.3. The van der Waals surface area contributed by atoms with Crippen LogP contribution in [0.2, 0.25) is 0 Å². The SMILES string of the molecule is CC[C@H](c1nnc(S[C@H](C)C(=O)c2ccc(C)cc2)n1Cc1ccccc1)[NH+](C)C. The molecule has 6 heteroatoms. The van der Waals surface area contributed by atoms with Crippen LogP contribution in [0.1, 0.15) is 53.6 Å². The number of rotatable bonds is 9. The smallest absolute Gasteiger partial charge is 0.192 e. The van der Waals surface area contributed by atoms with Gasteiger partial charge in [-0.15, -0.1) is 10.2 Å². The number of aromatic nitrogens is 3. The van der Waals surface area contributed by atoms with Crippen LogP contribution in [0.3, 0.4) is 0 Å². The molecule has 1 aromatic heterocycles. The maximum Gasteiger partial charge on any atom is 0.192 e. The molecule has 0 bridgehead atoms. The zero-order valence-corrected chi connectivity index (χ0v) is 19.2. The van der Waals surface area contributed by atoms with Crippen molar-refractivity contribution in [2.45, 2.75) is 50.2 Å². The van der Waals surface area contributed by atoms with Crippen molar-refractivity contribution in [2.24, 2.45) is 0 Å². The number of Topliss-reactive ketones (excluding diaryl/α,β-unsaturated/α-hetero) is 1. The van der Waals surface area contributed by atoms with Crippen LogP contribution in [0, 0.1) is 6.92 Å². The maximum atomic E-state index is 13.0. The zero-order valence-electron chi connectivity index (χ0n) is 18.4. The molecule has 0 spiro atoms. The molecule has 0 radical (unpaired) electrons.